The minimum absolute atomic E-state index is 0.284. The van der Waals surface area contributed by atoms with Crippen molar-refractivity contribution in [3.05, 3.63) is 0 Å². The molecule has 2 heterocycles. The molecule has 7 heteroatoms. The zero-order valence-electron chi connectivity index (χ0n) is 16.7. The van der Waals surface area contributed by atoms with Gasteiger partial charge in [0.25, 0.3) is 0 Å². The van der Waals surface area contributed by atoms with Gasteiger partial charge < -0.3 is 28.2 Å². The highest BCUT2D eigenvalue weighted by molar-refractivity contribution is 6.73. The minimum Gasteiger partial charge on any atom is -0.404 e. The van der Waals surface area contributed by atoms with E-state index >= 15 is 0 Å². The molecule has 2 aliphatic heterocycles. The Balaban J connectivity index is 2.21. The van der Waals surface area contributed by atoms with Crippen LogP contribution >= 0.6 is 0 Å². The number of rotatable bonds is 8. The van der Waals surface area contributed by atoms with Crippen LogP contribution in [0.2, 0.25) is 18.1 Å². The molecule has 0 aromatic heterocycles. The molecule has 0 saturated carbocycles. The van der Waals surface area contributed by atoms with Gasteiger partial charge in [-0.1, -0.05) is 20.8 Å². The summed E-state index contributed by atoms with van der Waals surface area (Å²) in [6.45, 7) is 14.3. The molecule has 2 aliphatic rings. The fourth-order valence-electron chi connectivity index (χ4n) is 3.70. The van der Waals surface area contributed by atoms with Crippen LogP contribution < -0.4 is 0 Å². The van der Waals surface area contributed by atoms with Crippen LogP contribution in [0.5, 0.6) is 0 Å². The lowest BCUT2D eigenvalue weighted by Crippen LogP contribution is -2.50. The highest BCUT2D eigenvalue weighted by Gasteiger charge is 2.53. The first-order chi connectivity index (χ1) is 11.6. The summed E-state index contributed by atoms with van der Waals surface area (Å²) < 4.78 is 30.2. The molecule has 0 unspecified atom stereocenters. The molecule has 146 valence electrons. The van der Waals surface area contributed by atoms with E-state index in [4.69, 9.17) is 23.4 Å². The maximum absolute atomic E-state index is 11.9. The van der Waals surface area contributed by atoms with Crippen LogP contribution in [0.1, 0.15) is 48.5 Å². The van der Waals surface area contributed by atoms with Crippen molar-refractivity contribution in [1.82, 2.24) is 0 Å². The smallest absolute Gasteiger partial charge is 0.193 e. The Labute approximate surface area is 152 Å². The van der Waals surface area contributed by atoms with Gasteiger partial charge in [0, 0.05) is 0 Å². The quantitative estimate of drug-likeness (QED) is 0.480. The summed E-state index contributed by atoms with van der Waals surface area (Å²) in [5, 5.41) is 0. The van der Waals surface area contributed by atoms with E-state index in [1.54, 1.807) is 0 Å². The van der Waals surface area contributed by atoms with Crippen molar-refractivity contribution in [3.8, 4) is 0 Å². The van der Waals surface area contributed by atoms with Gasteiger partial charge in [-0.05, 0) is 45.8 Å². The zero-order chi connectivity index (χ0) is 18.9. The van der Waals surface area contributed by atoms with Crippen LogP contribution in [0, 0.1) is 0 Å². The van der Waals surface area contributed by atoms with Gasteiger partial charge in [0.05, 0.1) is 6.61 Å². The van der Waals surface area contributed by atoms with Crippen molar-refractivity contribution in [1.29, 1.82) is 0 Å². The van der Waals surface area contributed by atoms with E-state index in [1.165, 1.54) is 0 Å². The summed E-state index contributed by atoms with van der Waals surface area (Å²) in [5.41, 5.74) is 0. The van der Waals surface area contributed by atoms with Crippen molar-refractivity contribution >= 4 is 14.6 Å². The molecule has 0 bridgehead atoms. The predicted molar refractivity (Wildman–Crippen MR) is 96.9 cm³/mol. The minimum atomic E-state index is -1.95. The maximum Gasteiger partial charge on any atom is 0.193 e. The van der Waals surface area contributed by atoms with Crippen molar-refractivity contribution in [3.63, 3.8) is 0 Å². The Kier molecular flexibility index (Phi) is 6.50. The van der Waals surface area contributed by atoms with Gasteiger partial charge in [-0.2, -0.15) is 0 Å². The van der Waals surface area contributed by atoms with Crippen molar-refractivity contribution < 1.29 is 28.2 Å². The molecule has 2 rings (SSSR count). The van der Waals surface area contributed by atoms with Crippen molar-refractivity contribution in [2.24, 2.45) is 0 Å². The SMILES string of the molecule is CC[Si](CC)(CC)O[C@@H](C=O)[C@H]1OC(C)(C)O[C@@H]1[C@@H]1COC(C)(C)O1. The van der Waals surface area contributed by atoms with Crippen LogP contribution in [0.4, 0.5) is 0 Å². The Hall–Kier alpha value is -0.313. The van der Waals surface area contributed by atoms with E-state index in [2.05, 4.69) is 20.8 Å². The maximum atomic E-state index is 11.9. The lowest BCUT2D eigenvalue weighted by Gasteiger charge is -2.34. The summed E-state index contributed by atoms with van der Waals surface area (Å²) in [5.74, 6) is -1.44. The van der Waals surface area contributed by atoms with Crippen LogP contribution in [0.3, 0.4) is 0 Å². The fourth-order valence-corrected chi connectivity index (χ4v) is 6.46. The Morgan fingerprint density at radius 2 is 1.64 bits per heavy atom. The van der Waals surface area contributed by atoms with E-state index in [0.29, 0.717) is 6.61 Å². The van der Waals surface area contributed by atoms with E-state index in [-0.39, 0.29) is 6.10 Å². The first-order valence-corrected chi connectivity index (χ1v) is 11.9. The number of carbonyl (C=O) groups is 1. The summed E-state index contributed by atoms with van der Waals surface area (Å²) in [6, 6.07) is 2.92. The fraction of sp³-hybridized carbons (Fsp3) is 0.944. The zero-order valence-corrected chi connectivity index (χ0v) is 17.7. The molecule has 6 nitrogen and oxygen atoms in total. The monoisotopic (exact) mass is 374 g/mol. The van der Waals surface area contributed by atoms with Crippen LogP contribution in [0.25, 0.3) is 0 Å². The summed E-state index contributed by atoms with van der Waals surface area (Å²) in [7, 11) is -1.95. The van der Waals surface area contributed by atoms with Crippen molar-refractivity contribution in [2.45, 2.75) is 103 Å². The van der Waals surface area contributed by atoms with Crippen LogP contribution in [-0.2, 0) is 28.2 Å². The molecule has 0 spiro atoms. The third-order valence-corrected chi connectivity index (χ3v) is 9.98. The summed E-state index contributed by atoms with van der Waals surface area (Å²) in [6.07, 6.45) is -0.957. The molecule has 0 aliphatic carbocycles. The second kappa shape index (κ2) is 7.74. The predicted octanol–water partition coefficient (Wildman–Crippen LogP) is 3.25. The molecule has 0 aromatic rings. The Morgan fingerprint density at radius 3 is 2.08 bits per heavy atom. The third kappa shape index (κ3) is 4.70. The molecule has 2 fully saturated rings. The van der Waals surface area contributed by atoms with Gasteiger partial charge in [0.2, 0.25) is 0 Å². The average Bonchev–Trinajstić information content (AvgIpc) is 3.08. The Bertz CT molecular complexity index is 454. The molecule has 4 atom stereocenters. The number of ether oxygens (including phenoxy) is 4. The van der Waals surface area contributed by atoms with Gasteiger partial charge in [-0.15, -0.1) is 0 Å². The van der Waals surface area contributed by atoms with Gasteiger partial charge in [0.15, 0.2) is 19.9 Å². The Morgan fingerprint density at radius 1 is 1.04 bits per heavy atom. The molecular formula is C18H34O6Si. The molecule has 25 heavy (non-hydrogen) atoms. The number of hydrogen-bond donors (Lipinski definition) is 0. The highest BCUT2D eigenvalue weighted by atomic mass is 28.4. The molecule has 0 aromatic carbocycles. The van der Waals surface area contributed by atoms with Gasteiger partial charge in [0.1, 0.15) is 30.7 Å². The van der Waals surface area contributed by atoms with Crippen molar-refractivity contribution in [2.75, 3.05) is 6.61 Å². The second-order valence-corrected chi connectivity index (χ2v) is 12.6. The van der Waals surface area contributed by atoms with Crippen LogP contribution in [-0.4, -0.2) is 57.2 Å². The summed E-state index contributed by atoms with van der Waals surface area (Å²) >= 11 is 0. The third-order valence-electron chi connectivity index (χ3n) is 5.34. The van der Waals surface area contributed by atoms with Gasteiger partial charge in [-0.25, -0.2) is 0 Å². The molecule has 0 amide bonds. The average molecular weight is 375 g/mol. The van der Waals surface area contributed by atoms with Gasteiger partial charge in [-0.3, -0.25) is 0 Å². The first kappa shape index (κ1) is 21.0. The van der Waals surface area contributed by atoms with E-state index in [1.807, 2.05) is 27.7 Å². The standard InChI is InChI=1S/C18H34O6Si/c1-8-25(9-2,10-3)24-13(11-19)15-16(23-18(6,7)22-15)14-12-20-17(4,5)21-14/h11,13-16H,8-10,12H2,1-7H3/t13-,14-,15+,16+/m0/s1. The van der Waals surface area contributed by atoms with E-state index in [9.17, 15) is 4.79 Å². The van der Waals surface area contributed by atoms with E-state index in [0.717, 1.165) is 24.4 Å². The number of carbonyl (C=O) groups excluding carboxylic acids is 1. The normalized spacial score (nSPS) is 32.7. The number of hydrogen-bond acceptors (Lipinski definition) is 6. The molecular weight excluding hydrogens is 340 g/mol. The molecule has 0 N–H and O–H groups in total. The lowest BCUT2D eigenvalue weighted by atomic mass is 10.0. The first-order valence-electron chi connectivity index (χ1n) is 9.41. The second-order valence-electron chi connectivity index (χ2n) is 7.89. The topological polar surface area (TPSA) is 63.2 Å². The van der Waals surface area contributed by atoms with E-state index < -0.39 is 38.2 Å². The highest BCUT2D eigenvalue weighted by Crippen LogP contribution is 2.38. The lowest BCUT2D eigenvalue weighted by molar-refractivity contribution is -0.175. The molecule has 2 saturated heterocycles. The largest absolute Gasteiger partial charge is 0.404 e. The van der Waals surface area contributed by atoms with Crippen LogP contribution in [0.15, 0.2) is 0 Å². The molecule has 0 radical (unpaired) electrons. The summed E-state index contributed by atoms with van der Waals surface area (Å²) in [4.78, 5) is 11.9. The number of aldehydes is 1. The van der Waals surface area contributed by atoms with Gasteiger partial charge >= 0.3 is 0 Å².